The quantitative estimate of drug-likeness (QED) is 0.455. The first-order chi connectivity index (χ1) is 17.2. The van der Waals surface area contributed by atoms with Gasteiger partial charge >= 0.3 is 11.9 Å². The summed E-state index contributed by atoms with van der Waals surface area (Å²) < 4.78 is 9.43. The van der Waals surface area contributed by atoms with Crippen molar-refractivity contribution in [3.05, 3.63) is 67.4 Å². The molecule has 12 heteroatoms. The Labute approximate surface area is 213 Å². The molecule has 0 bridgehead atoms. The van der Waals surface area contributed by atoms with Crippen LogP contribution in [-0.4, -0.2) is 38.0 Å². The number of hydrogen-bond acceptors (Lipinski definition) is 10. The second-order valence-corrected chi connectivity index (χ2v) is 9.26. The van der Waals surface area contributed by atoms with Crippen molar-refractivity contribution in [2.24, 2.45) is 0 Å². The molecule has 2 N–H and O–H groups in total. The standard InChI is InChI=1S/C24H18N4O6S2/c1-11-15(9-25)21(35-17(11)23(31)33-3)27-19(29)13-6-5-7-14(8-13)20(30)28-22-16(10-26)12(2)18(36-22)24(32)34-4/h5-8H,1-4H3,(H,27,29)(H,28,30). The molecule has 2 heterocycles. The highest BCUT2D eigenvalue weighted by atomic mass is 32.1. The summed E-state index contributed by atoms with van der Waals surface area (Å²) in [5.41, 5.74) is 1.31. The molecule has 0 aliphatic rings. The van der Waals surface area contributed by atoms with E-state index in [0.717, 1.165) is 22.7 Å². The third-order valence-corrected chi connectivity index (χ3v) is 7.47. The molecule has 0 unspecified atom stereocenters. The molecular formula is C24H18N4O6S2. The predicted molar refractivity (Wildman–Crippen MR) is 133 cm³/mol. The van der Waals surface area contributed by atoms with E-state index in [0.29, 0.717) is 11.1 Å². The van der Waals surface area contributed by atoms with Crippen molar-refractivity contribution in [1.82, 2.24) is 0 Å². The van der Waals surface area contributed by atoms with Crippen LogP contribution >= 0.6 is 22.7 Å². The van der Waals surface area contributed by atoms with E-state index >= 15 is 0 Å². The first-order valence-electron chi connectivity index (χ1n) is 10.1. The second-order valence-electron chi connectivity index (χ2n) is 7.22. The summed E-state index contributed by atoms with van der Waals surface area (Å²) in [7, 11) is 2.44. The van der Waals surface area contributed by atoms with E-state index in [2.05, 4.69) is 10.6 Å². The molecule has 3 rings (SSSR count). The van der Waals surface area contributed by atoms with Crippen LogP contribution in [0.2, 0.25) is 0 Å². The zero-order valence-electron chi connectivity index (χ0n) is 19.5. The van der Waals surface area contributed by atoms with Crippen LogP contribution in [0.3, 0.4) is 0 Å². The van der Waals surface area contributed by atoms with E-state index in [1.165, 1.54) is 38.5 Å². The van der Waals surface area contributed by atoms with Gasteiger partial charge in [-0.1, -0.05) is 6.07 Å². The molecule has 2 amide bonds. The van der Waals surface area contributed by atoms with E-state index in [1.807, 2.05) is 12.1 Å². The first-order valence-corrected chi connectivity index (χ1v) is 11.8. The van der Waals surface area contributed by atoms with Gasteiger partial charge in [-0.3, -0.25) is 9.59 Å². The molecule has 0 fully saturated rings. The highest BCUT2D eigenvalue weighted by Gasteiger charge is 2.24. The lowest BCUT2D eigenvalue weighted by Gasteiger charge is -2.07. The van der Waals surface area contributed by atoms with E-state index in [-0.39, 0.29) is 42.0 Å². The van der Waals surface area contributed by atoms with Crippen LogP contribution in [0.25, 0.3) is 0 Å². The molecule has 3 aromatic rings. The Morgan fingerprint density at radius 2 is 1.17 bits per heavy atom. The minimum Gasteiger partial charge on any atom is -0.465 e. The number of nitrogens with zero attached hydrogens (tertiary/aromatic N) is 2. The van der Waals surface area contributed by atoms with Gasteiger partial charge < -0.3 is 20.1 Å². The average molecular weight is 523 g/mol. The maximum Gasteiger partial charge on any atom is 0.348 e. The van der Waals surface area contributed by atoms with Gasteiger partial charge in [0.05, 0.1) is 25.3 Å². The van der Waals surface area contributed by atoms with Crippen molar-refractivity contribution >= 4 is 56.4 Å². The highest BCUT2D eigenvalue weighted by Crippen LogP contribution is 2.34. The lowest BCUT2D eigenvalue weighted by atomic mass is 10.1. The van der Waals surface area contributed by atoms with Crippen LogP contribution < -0.4 is 10.6 Å². The smallest absolute Gasteiger partial charge is 0.348 e. The van der Waals surface area contributed by atoms with Crippen molar-refractivity contribution in [1.29, 1.82) is 10.5 Å². The van der Waals surface area contributed by atoms with Gasteiger partial charge in [-0.25, -0.2) is 9.59 Å². The molecule has 0 aliphatic heterocycles. The Kier molecular flexibility index (Phi) is 7.84. The zero-order valence-corrected chi connectivity index (χ0v) is 21.1. The van der Waals surface area contributed by atoms with Crippen LogP contribution in [0.4, 0.5) is 10.0 Å². The number of methoxy groups -OCH3 is 2. The van der Waals surface area contributed by atoms with Crippen LogP contribution in [-0.2, 0) is 9.47 Å². The topological polar surface area (TPSA) is 158 Å². The van der Waals surface area contributed by atoms with Crippen LogP contribution in [0, 0.1) is 36.5 Å². The van der Waals surface area contributed by atoms with Gasteiger partial charge in [0.25, 0.3) is 11.8 Å². The lowest BCUT2D eigenvalue weighted by Crippen LogP contribution is -2.15. The average Bonchev–Trinajstić information content (AvgIpc) is 3.37. The molecule has 0 saturated heterocycles. The van der Waals surface area contributed by atoms with Crippen molar-refractivity contribution in [2.75, 3.05) is 24.9 Å². The summed E-state index contributed by atoms with van der Waals surface area (Å²) in [4.78, 5) is 50.0. The summed E-state index contributed by atoms with van der Waals surface area (Å²) in [6, 6.07) is 9.74. The number of carbonyl (C=O) groups is 4. The van der Waals surface area contributed by atoms with Gasteiger partial charge in [-0.2, -0.15) is 10.5 Å². The molecule has 0 saturated carbocycles. The lowest BCUT2D eigenvalue weighted by molar-refractivity contribution is 0.0596. The summed E-state index contributed by atoms with van der Waals surface area (Å²) in [5.74, 6) is -2.44. The fourth-order valence-electron chi connectivity index (χ4n) is 3.20. The normalized spacial score (nSPS) is 10.1. The number of benzene rings is 1. The van der Waals surface area contributed by atoms with Crippen molar-refractivity contribution in [2.45, 2.75) is 13.8 Å². The predicted octanol–water partition coefficient (Wildman–Crippen LogP) is 4.25. The highest BCUT2D eigenvalue weighted by molar-refractivity contribution is 7.19. The van der Waals surface area contributed by atoms with Gasteiger partial charge in [-0.05, 0) is 43.2 Å². The Morgan fingerprint density at radius 3 is 1.50 bits per heavy atom. The van der Waals surface area contributed by atoms with Gasteiger partial charge in [-0.15, -0.1) is 22.7 Å². The molecule has 0 radical (unpaired) electrons. The molecule has 1 aromatic carbocycles. The SMILES string of the molecule is COC(=O)c1sc(NC(=O)c2cccc(C(=O)Nc3sc(C(=O)OC)c(C)c3C#N)c2)c(C#N)c1C. The van der Waals surface area contributed by atoms with Crippen molar-refractivity contribution in [3.63, 3.8) is 0 Å². The number of anilines is 2. The molecule has 10 nitrogen and oxygen atoms in total. The summed E-state index contributed by atoms with van der Waals surface area (Å²) in [5, 5.41) is 24.5. The van der Waals surface area contributed by atoms with E-state index in [1.54, 1.807) is 13.8 Å². The maximum atomic E-state index is 12.9. The number of thiophene rings is 2. The summed E-state index contributed by atoms with van der Waals surface area (Å²) in [6.45, 7) is 3.16. The van der Waals surface area contributed by atoms with Crippen LogP contribution in [0.15, 0.2) is 24.3 Å². The fourth-order valence-corrected chi connectivity index (χ4v) is 5.34. The third kappa shape index (κ3) is 4.95. The molecule has 36 heavy (non-hydrogen) atoms. The van der Waals surface area contributed by atoms with Crippen molar-refractivity contribution < 1.29 is 28.7 Å². The number of hydrogen-bond donors (Lipinski definition) is 2. The maximum absolute atomic E-state index is 12.9. The second kappa shape index (κ2) is 10.8. The van der Waals surface area contributed by atoms with E-state index < -0.39 is 23.8 Å². The zero-order chi connectivity index (χ0) is 26.6. The van der Waals surface area contributed by atoms with Gasteiger partial charge in [0.15, 0.2) is 0 Å². The number of ether oxygens (including phenoxy) is 2. The molecular weight excluding hydrogens is 504 g/mol. The van der Waals surface area contributed by atoms with Gasteiger partial charge in [0.1, 0.15) is 31.9 Å². The number of amides is 2. The van der Waals surface area contributed by atoms with Gasteiger partial charge in [0, 0.05) is 11.1 Å². The van der Waals surface area contributed by atoms with Crippen LogP contribution in [0.1, 0.15) is 62.3 Å². The van der Waals surface area contributed by atoms with E-state index in [4.69, 9.17) is 9.47 Å². The van der Waals surface area contributed by atoms with Crippen LogP contribution in [0.5, 0.6) is 0 Å². The number of nitrogens with one attached hydrogen (secondary N) is 2. The van der Waals surface area contributed by atoms with E-state index in [9.17, 15) is 29.7 Å². The minimum absolute atomic E-state index is 0.121. The Hall–Kier alpha value is -4.52. The minimum atomic E-state index is -0.621. The largest absolute Gasteiger partial charge is 0.465 e. The molecule has 0 atom stereocenters. The third-order valence-electron chi connectivity index (χ3n) is 5.10. The summed E-state index contributed by atoms with van der Waals surface area (Å²) in [6.07, 6.45) is 0. The fraction of sp³-hybridized carbons (Fsp3) is 0.167. The molecule has 2 aromatic heterocycles. The monoisotopic (exact) mass is 522 g/mol. The van der Waals surface area contributed by atoms with Crippen molar-refractivity contribution in [3.8, 4) is 12.1 Å². The number of esters is 2. The number of nitriles is 2. The molecule has 0 aliphatic carbocycles. The Bertz CT molecular complexity index is 1380. The molecule has 182 valence electrons. The van der Waals surface area contributed by atoms with Gasteiger partial charge in [0.2, 0.25) is 0 Å². The number of rotatable bonds is 6. The number of carbonyl (C=O) groups excluding carboxylic acids is 4. The summed E-state index contributed by atoms with van der Waals surface area (Å²) >= 11 is 1.83. The first kappa shape index (κ1) is 26.1. The Morgan fingerprint density at radius 1 is 0.778 bits per heavy atom. The molecule has 0 spiro atoms. The Balaban J connectivity index is 1.86.